The third-order valence-corrected chi connectivity index (χ3v) is 5.34. The minimum absolute atomic E-state index is 0.119. The maximum Gasteiger partial charge on any atom is 0.228 e. The Morgan fingerprint density at radius 3 is 2.86 bits per heavy atom. The zero-order chi connectivity index (χ0) is 15.0. The maximum absolute atomic E-state index is 12.1. The predicted octanol–water partition coefficient (Wildman–Crippen LogP) is 3.83. The molecular weight excluding hydrogens is 280 g/mol. The summed E-state index contributed by atoms with van der Waals surface area (Å²) in [7, 11) is 4.24. The van der Waals surface area contributed by atoms with E-state index in [1.54, 1.807) is 6.92 Å². The van der Waals surface area contributed by atoms with E-state index >= 15 is 0 Å². The monoisotopic (exact) mass is 302 g/mol. The van der Waals surface area contributed by atoms with Gasteiger partial charge >= 0.3 is 0 Å². The fourth-order valence-electron chi connectivity index (χ4n) is 3.24. The molecule has 1 atom stereocenters. The van der Waals surface area contributed by atoms with Crippen LogP contribution >= 0.6 is 11.8 Å². The highest BCUT2D eigenvalue weighted by Gasteiger charge is 2.28. The van der Waals surface area contributed by atoms with Gasteiger partial charge in [-0.15, -0.1) is 11.8 Å². The van der Waals surface area contributed by atoms with Crippen molar-refractivity contribution < 1.29 is 4.79 Å². The van der Waals surface area contributed by atoms with E-state index in [1.807, 2.05) is 22.4 Å². The molecule has 0 radical (unpaired) electrons. The van der Waals surface area contributed by atoms with Gasteiger partial charge in [-0.1, -0.05) is 18.2 Å². The first kappa shape index (κ1) is 14.7. The van der Waals surface area contributed by atoms with Gasteiger partial charge in [-0.05, 0) is 51.0 Å². The lowest BCUT2D eigenvalue weighted by Crippen LogP contribution is -2.18. The van der Waals surface area contributed by atoms with Crippen LogP contribution in [-0.4, -0.2) is 41.8 Å². The lowest BCUT2D eigenvalue weighted by atomic mass is 9.92. The molecule has 0 saturated heterocycles. The second-order valence-corrected chi connectivity index (χ2v) is 7.10. The van der Waals surface area contributed by atoms with Crippen molar-refractivity contribution >= 4 is 28.6 Å². The highest BCUT2D eigenvalue weighted by molar-refractivity contribution is 7.99. The number of carbonyl (C=O) groups is 1. The lowest BCUT2D eigenvalue weighted by molar-refractivity contribution is 0.0932. The molecule has 4 heteroatoms. The molecule has 0 bridgehead atoms. The Balaban J connectivity index is 2.13. The van der Waals surface area contributed by atoms with Gasteiger partial charge in [0.1, 0.15) is 0 Å². The zero-order valence-corrected chi connectivity index (χ0v) is 13.7. The Morgan fingerprint density at radius 1 is 1.38 bits per heavy atom. The number of fused-ring (bicyclic) bond motifs is 3. The Hall–Kier alpha value is -1.26. The van der Waals surface area contributed by atoms with E-state index in [9.17, 15) is 4.79 Å². The molecule has 3 nitrogen and oxygen atoms in total. The third kappa shape index (κ3) is 2.62. The summed E-state index contributed by atoms with van der Waals surface area (Å²) in [4.78, 5) is 14.3. The largest absolute Gasteiger partial charge is 0.309 e. The Bertz CT molecular complexity index is 675. The maximum atomic E-state index is 12.1. The molecule has 2 heterocycles. The van der Waals surface area contributed by atoms with Crippen molar-refractivity contribution in [1.82, 2.24) is 9.47 Å². The molecule has 1 aliphatic rings. The van der Waals surface area contributed by atoms with Crippen molar-refractivity contribution in [2.45, 2.75) is 30.7 Å². The molecule has 0 N–H and O–H groups in total. The number of rotatable bonds is 3. The van der Waals surface area contributed by atoms with Gasteiger partial charge in [-0.2, -0.15) is 0 Å². The fraction of sp³-hybridized carbons (Fsp3) is 0.471. The summed E-state index contributed by atoms with van der Waals surface area (Å²) in [5, 5.41) is 2.44. The van der Waals surface area contributed by atoms with Crippen LogP contribution < -0.4 is 0 Å². The summed E-state index contributed by atoms with van der Waals surface area (Å²) in [5.74, 6) is 1.79. The van der Waals surface area contributed by atoms with Gasteiger partial charge in [-0.3, -0.25) is 9.36 Å². The number of hydrogen-bond acceptors (Lipinski definition) is 3. The Morgan fingerprint density at radius 2 is 2.14 bits per heavy atom. The number of nitrogens with zero attached hydrogens (tertiary/aromatic N) is 2. The van der Waals surface area contributed by atoms with Crippen LogP contribution in [0.15, 0.2) is 29.3 Å². The SMILES string of the molecule is CC(=O)n1c2c(c3ccccc31)C(CCN(C)C)CCS2. The van der Waals surface area contributed by atoms with Gasteiger partial charge in [0.05, 0.1) is 10.5 Å². The van der Waals surface area contributed by atoms with Crippen molar-refractivity contribution in [2.24, 2.45) is 0 Å². The number of hydrogen-bond donors (Lipinski definition) is 0. The van der Waals surface area contributed by atoms with E-state index in [0.29, 0.717) is 5.92 Å². The minimum Gasteiger partial charge on any atom is -0.309 e. The molecule has 1 aromatic heterocycles. The van der Waals surface area contributed by atoms with E-state index < -0.39 is 0 Å². The number of benzene rings is 1. The fourth-order valence-corrected chi connectivity index (χ4v) is 4.62. The van der Waals surface area contributed by atoms with Gasteiger partial charge in [-0.25, -0.2) is 0 Å². The van der Waals surface area contributed by atoms with Crippen LogP contribution in [0.5, 0.6) is 0 Å². The second-order valence-electron chi connectivity index (χ2n) is 6.02. The van der Waals surface area contributed by atoms with E-state index in [1.165, 1.54) is 22.4 Å². The summed E-state index contributed by atoms with van der Waals surface area (Å²) in [5.41, 5.74) is 2.47. The van der Waals surface area contributed by atoms with Crippen LogP contribution in [0.25, 0.3) is 10.9 Å². The van der Waals surface area contributed by atoms with E-state index in [0.717, 1.165) is 24.2 Å². The van der Waals surface area contributed by atoms with Crippen molar-refractivity contribution in [3.8, 4) is 0 Å². The molecule has 0 saturated carbocycles. The van der Waals surface area contributed by atoms with Gasteiger partial charge in [0.2, 0.25) is 5.91 Å². The molecule has 1 unspecified atom stereocenters. The second kappa shape index (κ2) is 5.85. The van der Waals surface area contributed by atoms with Crippen molar-refractivity contribution in [3.05, 3.63) is 29.8 Å². The van der Waals surface area contributed by atoms with Gasteiger partial charge in [0.15, 0.2) is 0 Å². The third-order valence-electron chi connectivity index (χ3n) is 4.22. The minimum atomic E-state index is 0.119. The Kier molecular flexibility index (Phi) is 4.09. The highest BCUT2D eigenvalue weighted by atomic mass is 32.2. The predicted molar refractivity (Wildman–Crippen MR) is 89.5 cm³/mol. The Labute approximate surface area is 130 Å². The molecule has 1 aromatic carbocycles. The number of aromatic nitrogens is 1. The van der Waals surface area contributed by atoms with Gasteiger partial charge < -0.3 is 4.90 Å². The summed E-state index contributed by atoms with van der Waals surface area (Å²) >= 11 is 1.84. The van der Waals surface area contributed by atoms with E-state index in [-0.39, 0.29) is 5.91 Å². The molecule has 3 rings (SSSR count). The van der Waals surface area contributed by atoms with Crippen molar-refractivity contribution in [1.29, 1.82) is 0 Å². The first-order valence-electron chi connectivity index (χ1n) is 7.51. The molecule has 112 valence electrons. The standard InChI is InChI=1S/C17H22N2OS/c1-12(20)19-15-7-5-4-6-14(15)16-13(8-10-18(2)3)9-11-21-17(16)19/h4-7,13H,8-11H2,1-3H3. The van der Waals surface area contributed by atoms with Gasteiger partial charge in [0, 0.05) is 18.1 Å². The summed E-state index contributed by atoms with van der Waals surface area (Å²) < 4.78 is 1.91. The van der Waals surface area contributed by atoms with Crippen molar-refractivity contribution in [3.63, 3.8) is 0 Å². The highest BCUT2D eigenvalue weighted by Crippen LogP contribution is 2.45. The first-order valence-corrected chi connectivity index (χ1v) is 8.50. The zero-order valence-electron chi connectivity index (χ0n) is 12.9. The van der Waals surface area contributed by atoms with Crippen LogP contribution in [0.2, 0.25) is 0 Å². The van der Waals surface area contributed by atoms with Gasteiger partial charge in [0.25, 0.3) is 0 Å². The average molecular weight is 302 g/mol. The number of para-hydroxylation sites is 1. The summed E-state index contributed by atoms with van der Waals surface area (Å²) in [6, 6.07) is 8.34. The average Bonchev–Trinajstić information content (AvgIpc) is 2.80. The molecule has 1 aliphatic heterocycles. The normalized spacial score (nSPS) is 18.2. The van der Waals surface area contributed by atoms with Crippen LogP contribution in [-0.2, 0) is 0 Å². The van der Waals surface area contributed by atoms with Crippen molar-refractivity contribution in [2.75, 3.05) is 26.4 Å². The van der Waals surface area contributed by atoms with E-state index in [2.05, 4.69) is 37.2 Å². The quantitative estimate of drug-likeness (QED) is 0.861. The molecular formula is C17H22N2OS. The molecule has 21 heavy (non-hydrogen) atoms. The van der Waals surface area contributed by atoms with Crippen LogP contribution in [0.3, 0.4) is 0 Å². The molecule has 0 aliphatic carbocycles. The van der Waals surface area contributed by atoms with E-state index in [4.69, 9.17) is 0 Å². The molecule has 0 spiro atoms. The first-order chi connectivity index (χ1) is 10.1. The topological polar surface area (TPSA) is 25.2 Å². The summed E-state index contributed by atoms with van der Waals surface area (Å²) in [6.45, 7) is 2.76. The summed E-state index contributed by atoms with van der Waals surface area (Å²) in [6.07, 6.45) is 2.36. The smallest absolute Gasteiger partial charge is 0.228 e. The number of carbonyl (C=O) groups excluding carboxylic acids is 1. The molecule has 2 aromatic rings. The number of thioether (sulfide) groups is 1. The van der Waals surface area contributed by atoms with Crippen LogP contribution in [0.4, 0.5) is 0 Å². The van der Waals surface area contributed by atoms with Crippen LogP contribution in [0, 0.1) is 0 Å². The lowest BCUT2D eigenvalue weighted by Gasteiger charge is -2.24. The van der Waals surface area contributed by atoms with Crippen LogP contribution in [0.1, 0.15) is 36.0 Å². The molecule has 0 fully saturated rings. The molecule has 0 amide bonds.